The first-order valence-corrected chi connectivity index (χ1v) is 7.62. The first-order chi connectivity index (χ1) is 11.1. The van der Waals surface area contributed by atoms with Gasteiger partial charge in [-0.15, -0.1) is 5.10 Å². The van der Waals surface area contributed by atoms with Crippen molar-refractivity contribution in [2.45, 2.75) is 33.2 Å². The standard InChI is InChI=1S/C17H22N4O2/c1-12(2)7-8-21-15(14(11-18)19-20-21)9-13-5-6-16(22-3)17(10-13)23-4/h5-6,10,12H,7-9H2,1-4H3. The fraction of sp³-hybridized carbons (Fsp3) is 0.471. The Balaban J connectivity index is 2.28. The molecule has 0 aliphatic heterocycles. The van der Waals surface area contributed by atoms with Crippen LogP contribution in [0, 0.1) is 17.2 Å². The lowest BCUT2D eigenvalue weighted by Gasteiger charge is -2.11. The van der Waals surface area contributed by atoms with Gasteiger partial charge in [-0.2, -0.15) is 5.26 Å². The van der Waals surface area contributed by atoms with Crippen LogP contribution in [0.2, 0.25) is 0 Å². The van der Waals surface area contributed by atoms with Gasteiger partial charge in [0.25, 0.3) is 0 Å². The van der Waals surface area contributed by atoms with Crippen LogP contribution in [0.3, 0.4) is 0 Å². The van der Waals surface area contributed by atoms with Gasteiger partial charge in [0.15, 0.2) is 17.2 Å². The summed E-state index contributed by atoms with van der Waals surface area (Å²) in [4.78, 5) is 0. The van der Waals surface area contributed by atoms with E-state index in [1.54, 1.807) is 14.2 Å². The number of nitriles is 1. The molecule has 0 unspecified atom stereocenters. The number of benzene rings is 1. The van der Waals surface area contributed by atoms with Crippen molar-refractivity contribution in [2.75, 3.05) is 14.2 Å². The summed E-state index contributed by atoms with van der Waals surface area (Å²) >= 11 is 0. The number of ether oxygens (including phenoxy) is 2. The first kappa shape index (κ1) is 16.8. The first-order valence-electron chi connectivity index (χ1n) is 7.62. The molecule has 6 heteroatoms. The van der Waals surface area contributed by atoms with E-state index in [4.69, 9.17) is 9.47 Å². The number of hydrogen-bond acceptors (Lipinski definition) is 5. The van der Waals surface area contributed by atoms with E-state index in [-0.39, 0.29) is 0 Å². The van der Waals surface area contributed by atoms with Crippen molar-refractivity contribution in [3.63, 3.8) is 0 Å². The molecule has 122 valence electrons. The van der Waals surface area contributed by atoms with Gasteiger partial charge in [-0.05, 0) is 30.0 Å². The molecule has 0 N–H and O–H groups in total. The van der Waals surface area contributed by atoms with E-state index in [0.717, 1.165) is 24.2 Å². The zero-order chi connectivity index (χ0) is 16.8. The summed E-state index contributed by atoms with van der Waals surface area (Å²) in [5.74, 6) is 1.92. The molecule has 1 heterocycles. The monoisotopic (exact) mass is 314 g/mol. The second-order valence-electron chi connectivity index (χ2n) is 5.77. The highest BCUT2D eigenvalue weighted by Gasteiger charge is 2.15. The maximum absolute atomic E-state index is 9.26. The predicted octanol–water partition coefficient (Wildman–Crippen LogP) is 2.80. The number of hydrogen-bond donors (Lipinski definition) is 0. The van der Waals surface area contributed by atoms with Crippen molar-refractivity contribution in [3.05, 3.63) is 35.2 Å². The average Bonchev–Trinajstić information content (AvgIpc) is 2.94. The summed E-state index contributed by atoms with van der Waals surface area (Å²) in [5, 5.41) is 17.4. The fourth-order valence-electron chi connectivity index (χ4n) is 2.34. The van der Waals surface area contributed by atoms with E-state index < -0.39 is 0 Å². The van der Waals surface area contributed by atoms with Crippen molar-refractivity contribution >= 4 is 0 Å². The largest absolute Gasteiger partial charge is 0.493 e. The molecule has 0 spiro atoms. The van der Waals surface area contributed by atoms with Crippen molar-refractivity contribution in [1.29, 1.82) is 5.26 Å². The second-order valence-corrected chi connectivity index (χ2v) is 5.77. The number of aryl methyl sites for hydroxylation is 1. The van der Waals surface area contributed by atoms with E-state index in [9.17, 15) is 5.26 Å². The maximum atomic E-state index is 9.26. The Morgan fingerprint density at radius 2 is 1.96 bits per heavy atom. The molecule has 0 bridgehead atoms. The summed E-state index contributed by atoms with van der Waals surface area (Å²) in [6.07, 6.45) is 1.57. The molecule has 2 aromatic rings. The Morgan fingerprint density at radius 1 is 1.22 bits per heavy atom. The SMILES string of the molecule is COc1ccc(Cc2c(C#N)nnn2CCC(C)C)cc1OC. The molecular weight excluding hydrogens is 292 g/mol. The molecule has 0 radical (unpaired) electrons. The molecular formula is C17H22N4O2. The van der Waals surface area contributed by atoms with Gasteiger partial charge in [-0.25, -0.2) is 4.68 Å². The van der Waals surface area contributed by atoms with E-state index in [1.807, 2.05) is 22.9 Å². The highest BCUT2D eigenvalue weighted by molar-refractivity contribution is 5.44. The molecule has 0 saturated carbocycles. The summed E-state index contributed by atoms with van der Waals surface area (Å²) in [6.45, 7) is 5.08. The van der Waals surface area contributed by atoms with Crippen LogP contribution in [0.25, 0.3) is 0 Å². The van der Waals surface area contributed by atoms with Gasteiger partial charge in [-0.1, -0.05) is 25.1 Å². The molecule has 1 aromatic heterocycles. The molecule has 2 rings (SSSR count). The number of aromatic nitrogens is 3. The molecule has 0 amide bonds. The van der Waals surface area contributed by atoms with E-state index in [2.05, 4.69) is 30.2 Å². The number of methoxy groups -OCH3 is 2. The van der Waals surface area contributed by atoms with Gasteiger partial charge in [0.2, 0.25) is 0 Å². The lowest BCUT2D eigenvalue weighted by atomic mass is 10.1. The molecule has 23 heavy (non-hydrogen) atoms. The quantitative estimate of drug-likeness (QED) is 0.785. The van der Waals surface area contributed by atoms with Crippen LogP contribution in [0.5, 0.6) is 11.5 Å². The van der Waals surface area contributed by atoms with Crippen LogP contribution in [-0.4, -0.2) is 29.2 Å². The third kappa shape index (κ3) is 4.01. The van der Waals surface area contributed by atoms with Gasteiger partial charge < -0.3 is 9.47 Å². The molecule has 0 saturated heterocycles. The molecule has 6 nitrogen and oxygen atoms in total. The van der Waals surface area contributed by atoms with Gasteiger partial charge in [0.1, 0.15) is 6.07 Å². The summed E-state index contributed by atoms with van der Waals surface area (Å²) in [6, 6.07) is 7.87. The van der Waals surface area contributed by atoms with Crippen LogP contribution >= 0.6 is 0 Å². The molecule has 1 aromatic carbocycles. The minimum absolute atomic E-state index is 0.378. The van der Waals surface area contributed by atoms with Crippen molar-refractivity contribution in [3.8, 4) is 17.6 Å². The van der Waals surface area contributed by atoms with Gasteiger partial charge in [-0.3, -0.25) is 0 Å². The average molecular weight is 314 g/mol. The number of nitrogens with zero attached hydrogens (tertiary/aromatic N) is 4. The van der Waals surface area contributed by atoms with Gasteiger partial charge in [0, 0.05) is 13.0 Å². The summed E-state index contributed by atoms with van der Waals surface area (Å²) in [7, 11) is 3.22. The fourth-order valence-corrected chi connectivity index (χ4v) is 2.34. The van der Waals surface area contributed by atoms with Crippen LogP contribution in [0.15, 0.2) is 18.2 Å². The Labute approximate surface area is 136 Å². The minimum atomic E-state index is 0.378. The third-order valence-corrected chi connectivity index (χ3v) is 3.68. The van der Waals surface area contributed by atoms with Crippen molar-refractivity contribution in [2.24, 2.45) is 5.92 Å². The molecule has 0 aliphatic carbocycles. The van der Waals surface area contributed by atoms with Gasteiger partial charge in [0.05, 0.1) is 19.9 Å². The minimum Gasteiger partial charge on any atom is -0.493 e. The Bertz CT molecular complexity index is 701. The van der Waals surface area contributed by atoms with Crippen LogP contribution < -0.4 is 9.47 Å². The zero-order valence-electron chi connectivity index (χ0n) is 14.0. The highest BCUT2D eigenvalue weighted by atomic mass is 16.5. The van der Waals surface area contributed by atoms with Crippen molar-refractivity contribution in [1.82, 2.24) is 15.0 Å². The normalized spacial score (nSPS) is 10.6. The highest BCUT2D eigenvalue weighted by Crippen LogP contribution is 2.28. The zero-order valence-corrected chi connectivity index (χ0v) is 14.0. The topological polar surface area (TPSA) is 73.0 Å². The Hall–Kier alpha value is -2.55. The third-order valence-electron chi connectivity index (χ3n) is 3.68. The van der Waals surface area contributed by atoms with Crippen LogP contribution in [-0.2, 0) is 13.0 Å². The smallest absolute Gasteiger partial charge is 0.186 e. The van der Waals surface area contributed by atoms with E-state index in [0.29, 0.717) is 29.5 Å². The lowest BCUT2D eigenvalue weighted by Crippen LogP contribution is -2.09. The van der Waals surface area contributed by atoms with Crippen LogP contribution in [0.1, 0.15) is 37.2 Å². The van der Waals surface area contributed by atoms with Gasteiger partial charge >= 0.3 is 0 Å². The van der Waals surface area contributed by atoms with E-state index >= 15 is 0 Å². The Kier molecular flexibility index (Phi) is 5.58. The lowest BCUT2D eigenvalue weighted by molar-refractivity contribution is 0.354. The molecule has 0 aliphatic rings. The van der Waals surface area contributed by atoms with Crippen LogP contribution in [0.4, 0.5) is 0 Å². The van der Waals surface area contributed by atoms with Crippen molar-refractivity contribution < 1.29 is 9.47 Å². The molecule has 0 atom stereocenters. The second kappa shape index (κ2) is 7.63. The molecule has 0 fully saturated rings. The maximum Gasteiger partial charge on any atom is 0.186 e. The summed E-state index contributed by atoms with van der Waals surface area (Å²) in [5.41, 5.74) is 2.23. The number of rotatable bonds is 7. The Morgan fingerprint density at radius 3 is 2.57 bits per heavy atom. The summed E-state index contributed by atoms with van der Waals surface area (Å²) < 4.78 is 12.4. The van der Waals surface area contributed by atoms with E-state index in [1.165, 1.54) is 0 Å². The predicted molar refractivity (Wildman–Crippen MR) is 86.5 cm³/mol.